The average molecular weight is 383 g/mol. The first-order valence-corrected chi connectivity index (χ1v) is 9.60. The molecule has 0 spiro atoms. The Morgan fingerprint density at radius 3 is 2.64 bits per heavy atom. The van der Waals surface area contributed by atoms with Gasteiger partial charge in [0.15, 0.2) is 5.78 Å². The summed E-state index contributed by atoms with van der Waals surface area (Å²) in [5, 5.41) is 5.74. The van der Waals surface area contributed by atoms with Crippen molar-refractivity contribution >= 4 is 23.2 Å². The van der Waals surface area contributed by atoms with Crippen LogP contribution in [-0.4, -0.2) is 31.4 Å². The molecule has 1 fully saturated rings. The first kappa shape index (κ1) is 19.9. The second kappa shape index (κ2) is 8.87. The van der Waals surface area contributed by atoms with Crippen LogP contribution in [0.1, 0.15) is 35.7 Å². The lowest BCUT2D eigenvalue weighted by molar-refractivity contribution is 0.101. The van der Waals surface area contributed by atoms with E-state index >= 15 is 0 Å². The molecule has 2 aromatic rings. The zero-order chi connectivity index (χ0) is 20.1. The van der Waals surface area contributed by atoms with E-state index in [1.807, 2.05) is 36.1 Å². The number of amides is 2. The number of piperidine rings is 1. The van der Waals surface area contributed by atoms with Gasteiger partial charge >= 0.3 is 6.03 Å². The molecular formula is C22H26FN3O2. The number of rotatable bonds is 5. The van der Waals surface area contributed by atoms with Crippen LogP contribution in [0.3, 0.4) is 0 Å². The number of urea groups is 1. The number of carbonyl (C=O) groups excluding carboxylic acids is 2. The molecule has 28 heavy (non-hydrogen) atoms. The van der Waals surface area contributed by atoms with Crippen molar-refractivity contribution in [3.8, 4) is 0 Å². The molecule has 0 bridgehead atoms. The molecule has 1 aliphatic heterocycles. The Morgan fingerprint density at radius 1 is 1.18 bits per heavy atom. The van der Waals surface area contributed by atoms with Crippen LogP contribution in [0.5, 0.6) is 0 Å². The highest BCUT2D eigenvalue weighted by Gasteiger charge is 2.24. The van der Waals surface area contributed by atoms with Crippen molar-refractivity contribution in [2.75, 3.05) is 29.9 Å². The smallest absolute Gasteiger partial charge is 0.319 e. The number of halogens is 1. The lowest BCUT2D eigenvalue weighted by Crippen LogP contribution is -2.42. The summed E-state index contributed by atoms with van der Waals surface area (Å²) in [7, 11) is 0. The second-order valence-electron chi connectivity index (χ2n) is 7.35. The summed E-state index contributed by atoms with van der Waals surface area (Å²) >= 11 is 0. The molecule has 5 nitrogen and oxygen atoms in total. The third-order valence-electron chi connectivity index (χ3n) is 5.06. The number of aryl methyl sites for hydroxylation is 1. The first-order chi connectivity index (χ1) is 13.4. The quantitative estimate of drug-likeness (QED) is 0.754. The van der Waals surface area contributed by atoms with Crippen LogP contribution >= 0.6 is 0 Å². The fourth-order valence-electron chi connectivity index (χ4n) is 3.62. The molecule has 0 saturated carbocycles. The maximum Gasteiger partial charge on any atom is 0.319 e. The van der Waals surface area contributed by atoms with Crippen molar-refractivity contribution in [1.82, 2.24) is 5.32 Å². The number of ketones is 1. The SMILES string of the molecule is CC(=O)c1c(F)cccc1N1CCC[C@@H](CNC(=O)Nc2ccc(C)cc2)C1. The standard InChI is InChI=1S/C22H26FN3O2/c1-15-8-10-18(11-9-15)25-22(28)24-13-17-5-4-12-26(14-17)20-7-3-6-19(23)21(20)16(2)27/h3,6-11,17H,4-5,12-14H2,1-2H3,(H2,24,25,28)/t17-/m0/s1. The zero-order valence-corrected chi connectivity index (χ0v) is 16.3. The zero-order valence-electron chi connectivity index (χ0n) is 16.3. The van der Waals surface area contributed by atoms with E-state index in [-0.39, 0.29) is 23.3 Å². The number of nitrogens with zero attached hydrogens (tertiary/aromatic N) is 1. The molecule has 3 rings (SSSR count). The van der Waals surface area contributed by atoms with Crippen molar-refractivity contribution in [2.45, 2.75) is 26.7 Å². The van der Waals surface area contributed by atoms with Gasteiger partial charge in [-0.1, -0.05) is 23.8 Å². The van der Waals surface area contributed by atoms with Crippen LogP contribution in [0.25, 0.3) is 0 Å². The van der Waals surface area contributed by atoms with Gasteiger partial charge in [-0.25, -0.2) is 9.18 Å². The molecule has 0 aliphatic carbocycles. The monoisotopic (exact) mass is 383 g/mol. The molecule has 2 amide bonds. The molecule has 2 N–H and O–H groups in total. The molecule has 1 aliphatic rings. The number of anilines is 2. The van der Waals surface area contributed by atoms with Gasteiger partial charge in [-0.15, -0.1) is 0 Å². The van der Waals surface area contributed by atoms with Crippen LogP contribution in [0.15, 0.2) is 42.5 Å². The number of nitrogens with one attached hydrogen (secondary N) is 2. The van der Waals surface area contributed by atoms with E-state index in [9.17, 15) is 14.0 Å². The summed E-state index contributed by atoms with van der Waals surface area (Å²) < 4.78 is 14.1. The van der Waals surface area contributed by atoms with E-state index in [1.165, 1.54) is 13.0 Å². The summed E-state index contributed by atoms with van der Waals surface area (Å²) in [5.74, 6) is -0.519. The Kier molecular flexibility index (Phi) is 6.29. The molecule has 0 unspecified atom stereocenters. The molecule has 1 saturated heterocycles. The topological polar surface area (TPSA) is 61.4 Å². The minimum Gasteiger partial charge on any atom is -0.371 e. The van der Waals surface area contributed by atoms with Gasteiger partial charge in [0.1, 0.15) is 5.82 Å². The fourth-order valence-corrected chi connectivity index (χ4v) is 3.62. The number of hydrogen-bond acceptors (Lipinski definition) is 3. The summed E-state index contributed by atoms with van der Waals surface area (Å²) in [6, 6.07) is 12.1. The first-order valence-electron chi connectivity index (χ1n) is 9.60. The van der Waals surface area contributed by atoms with Crippen LogP contribution in [0.2, 0.25) is 0 Å². The second-order valence-corrected chi connectivity index (χ2v) is 7.35. The number of Topliss-reactive ketones (excluding diaryl/α,β-unsaturated/α-hetero) is 1. The van der Waals surface area contributed by atoms with Gasteiger partial charge in [-0.3, -0.25) is 4.79 Å². The highest BCUT2D eigenvalue weighted by Crippen LogP contribution is 2.28. The van der Waals surface area contributed by atoms with E-state index in [1.54, 1.807) is 12.1 Å². The minimum absolute atomic E-state index is 0.147. The van der Waals surface area contributed by atoms with Crippen LogP contribution < -0.4 is 15.5 Å². The van der Waals surface area contributed by atoms with Crippen molar-refractivity contribution in [2.24, 2.45) is 5.92 Å². The fraction of sp³-hybridized carbons (Fsp3) is 0.364. The minimum atomic E-state index is -0.484. The molecule has 148 valence electrons. The third-order valence-corrected chi connectivity index (χ3v) is 5.06. The maximum absolute atomic E-state index is 14.1. The van der Waals surface area contributed by atoms with Gasteiger partial charge in [0.25, 0.3) is 0 Å². The largest absolute Gasteiger partial charge is 0.371 e. The summed E-state index contributed by atoms with van der Waals surface area (Å²) in [5.41, 5.74) is 2.67. The van der Waals surface area contributed by atoms with Crippen LogP contribution in [0.4, 0.5) is 20.6 Å². The van der Waals surface area contributed by atoms with Crippen molar-refractivity contribution < 1.29 is 14.0 Å². The Bertz CT molecular complexity index is 851. The van der Waals surface area contributed by atoms with E-state index in [0.717, 1.165) is 30.6 Å². The summed E-state index contributed by atoms with van der Waals surface area (Å²) in [4.78, 5) is 26.1. The Morgan fingerprint density at radius 2 is 1.93 bits per heavy atom. The number of carbonyl (C=O) groups is 2. The summed E-state index contributed by atoms with van der Waals surface area (Å²) in [6.07, 6.45) is 1.91. The van der Waals surface area contributed by atoms with Gasteiger partial charge in [0.2, 0.25) is 0 Å². The molecule has 0 radical (unpaired) electrons. The van der Waals surface area contributed by atoms with E-state index in [2.05, 4.69) is 10.6 Å². The van der Waals surface area contributed by atoms with Gasteiger partial charge in [0, 0.05) is 25.3 Å². The summed E-state index contributed by atoms with van der Waals surface area (Å²) in [6.45, 7) is 5.36. The van der Waals surface area contributed by atoms with E-state index in [4.69, 9.17) is 0 Å². The maximum atomic E-state index is 14.1. The van der Waals surface area contributed by atoms with Crippen LogP contribution in [-0.2, 0) is 0 Å². The highest BCUT2D eigenvalue weighted by atomic mass is 19.1. The van der Waals surface area contributed by atoms with Gasteiger partial charge in [0.05, 0.1) is 11.3 Å². The van der Waals surface area contributed by atoms with Gasteiger partial charge in [-0.2, -0.15) is 0 Å². The van der Waals surface area contributed by atoms with Crippen molar-refractivity contribution in [3.63, 3.8) is 0 Å². The third kappa shape index (κ3) is 4.88. The normalized spacial score (nSPS) is 16.5. The molecule has 6 heteroatoms. The lowest BCUT2D eigenvalue weighted by atomic mass is 9.96. The van der Waals surface area contributed by atoms with E-state index in [0.29, 0.717) is 18.8 Å². The molecule has 2 aromatic carbocycles. The van der Waals surface area contributed by atoms with Crippen molar-refractivity contribution in [1.29, 1.82) is 0 Å². The number of benzene rings is 2. The van der Waals surface area contributed by atoms with Crippen LogP contribution in [0, 0.1) is 18.7 Å². The lowest BCUT2D eigenvalue weighted by Gasteiger charge is -2.35. The van der Waals surface area contributed by atoms with Gasteiger partial charge < -0.3 is 15.5 Å². The predicted octanol–water partition coefficient (Wildman–Crippen LogP) is 4.37. The predicted molar refractivity (Wildman–Crippen MR) is 110 cm³/mol. The average Bonchev–Trinajstić information content (AvgIpc) is 2.68. The molecule has 1 heterocycles. The van der Waals surface area contributed by atoms with Crippen molar-refractivity contribution in [3.05, 3.63) is 59.4 Å². The molecule has 0 aromatic heterocycles. The molecule has 1 atom stereocenters. The highest BCUT2D eigenvalue weighted by molar-refractivity contribution is 6.00. The Balaban J connectivity index is 1.58. The number of hydrogen-bond donors (Lipinski definition) is 2. The van der Waals surface area contributed by atoms with E-state index < -0.39 is 5.82 Å². The van der Waals surface area contributed by atoms with Gasteiger partial charge in [-0.05, 0) is 56.9 Å². The molecular weight excluding hydrogens is 357 g/mol. The Hall–Kier alpha value is -2.89. The Labute approximate surface area is 164 Å².